The van der Waals surface area contributed by atoms with E-state index in [1.807, 2.05) is 6.07 Å². The summed E-state index contributed by atoms with van der Waals surface area (Å²) in [5.74, 6) is -0.826. The molecule has 1 heterocycles. The molecule has 1 atom stereocenters. The molecular weight excluding hydrogens is 348 g/mol. The first-order chi connectivity index (χ1) is 11.9. The molecule has 0 spiro atoms. The molecule has 1 aliphatic heterocycles. The third kappa shape index (κ3) is 3.69. The van der Waals surface area contributed by atoms with Crippen LogP contribution in [0.2, 0.25) is 5.02 Å². The fourth-order valence-electron chi connectivity index (χ4n) is 2.44. The number of nitrogens with one attached hydrogen (secondary N) is 3. The van der Waals surface area contributed by atoms with Crippen LogP contribution in [0.5, 0.6) is 0 Å². The lowest BCUT2D eigenvalue weighted by atomic mass is 10.1. The van der Waals surface area contributed by atoms with Gasteiger partial charge in [0.1, 0.15) is 6.04 Å². The summed E-state index contributed by atoms with van der Waals surface area (Å²) in [7, 11) is 0. The maximum Gasteiger partial charge on any atom is 0.271 e. The molecule has 8 nitrogen and oxygen atoms in total. The Kier molecular flexibility index (Phi) is 4.53. The maximum absolute atomic E-state index is 12.2. The van der Waals surface area contributed by atoms with Gasteiger partial charge in [-0.05, 0) is 18.2 Å². The number of carbonyl (C=O) groups excluding carboxylic acids is 2. The van der Waals surface area contributed by atoms with Crippen LogP contribution in [-0.4, -0.2) is 22.8 Å². The second-order valence-corrected chi connectivity index (χ2v) is 5.81. The zero-order chi connectivity index (χ0) is 18.0. The Morgan fingerprint density at radius 2 is 1.96 bits per heavy atom. The average molecular weight is 361 g/mol. The van der Waals surface area contributed by atoms with Crippen LogP contribution in [-0.2, 0) is 9.59 Å². The fraction of sp³-hybridized carbons (Fsp3) is 0.125. The molecule has 25 heavy (non-hydrogen) atoms. The van der Waals surface area contributed by atoms with Gasteiger partial charge in [-0.15, -0.1) is 0 Å². The number of fused-ring (bicyclic) bond motifs is 1. The van der Waals surface area contributed by atoms with Crippen LogP contribution >= 0.6 is 11.6 Å². The smallest absolute Gasteiger partial charge is 0.271 e. The topological polar surface area (TPSA) is 113 Å². The number of nitro benzene ring substituents is 1. The number of anilines is 3. The van der Waals surface area contributed by atoms with Gasteiger partial charge in [0, 0.05) is 12.1 Å². The molecule has 2 aromatic carbocycles. The minimum atomic E-state index is -0.757. The molecule has 0 fully saturated rings. The maximum atomic E-state index is 12.2. The van der Waals surface area contributed by atoms with E-state index in [2.05, 4.69) is 16.0 Å². The molecule has 0 aromatic heterocycles. The Balaban J connectivity index is 1.70. The third-order valence-corrected chi connectivity index (χ3v) is 3.99. The van der Waals surface area contributed by atoms with Crippen LogP contribution < -0.4 is 16.0 Å². The highest BCUT2D eigenvalue weighted by atomic mass is 35.5. The number of nitrogens with zero attached hydrogens (tertiary/aromatic N) is 1. The summed E-state index contributed by atoms with van der Waals surface area (Å²) in [4.78, 5) is 34.5. The lowest BCUT2D eigenvalue weighted by Gasteiger charge is -2.26. The number of hydrogen-bond acceptors (Lipinski definition) is 5. The van der Waals surface area contributed by atoms with Gasteiger partial charge in [-0.25, -0.2) is 0 Å². The molecule has 9 heteroatoms. The first-order valence-electron chi connectivity index (χ1n) is 7.34. The van der Waals surface area contributed by atoms with Gasteiger partial charge in [0.25, 0.3) is 5.69 Å². The van der Waals surface area contributed by atoms with Crippen molar-refractivity contribution in [2.45, 2.75) is 12.5 Å². The first-order valence-corrected chi connectivity index (χ1v) is 7.72. The van der Waals surface area contributed by atoms with E-state index in [9.17, 15) is 19.7 Å². The monoisotopic (exact) mass is 360 g/mol. The molecule has 2 amide bonds. The van der Waals surface area contributed by atoms with Gasteiger partial charge in [0.15, 0.2) is 0 Å². The van der Waals surface area contributed by atoms with Crippen molar-refractivity contribution in [3.8, 4) is 0 Å². The highest BCUT2D eigenvalue weighted by Crippen LogP contribution is 2.28. The fourth-order valence-corrected chi connectivity index (χ4v) is 2.61. The predicted molar refractivity (Wildman–Crippen MR) is 93.8 cm³/mol. The van der Waals surface area contributed by atoms with Crippen molar-refractivity contribution >= 4 is 46.2 Å². The number of rotatable bonds is 4. The molecule has 0 radical (unpaired) electrons. The highest BCUT2D eigenvalue weighted by molar-refractivity contribution is 6.33. The molecule has 0 aliphatic carbocycles. The molecule has 2 aromatic rings. The number of benzene rings is 2. The van der Waals surface area contributed by atoms with Gasteiger partial charge >= 0.3 is 0 Å². The van der Waals surface area contributed by atoms with Gasteiger partial charge in [0.2, 0.25) is 11.8 Å². The number of hydrogen-bond donors (Lipinski definition) is 3. The lowest BCUT2D eigenvalue weighted by molar-refractivity contribution is -0.384. The summed E-state index contributed by atoms with van der Waals surface area (Å²) in [5.41, 5.74) is 1.29. The normalized spacial score (nSPS) is 15.6. The van der Waals surface area contributed by atoms with E-state index in [-0.39, 0.29) is 28.7 Å². The number of halogens is 1. The van der Waals surface area contributed by atoms with E-state index < -0.39 is 16.9 Å². The molecule has 128 valence electrons. The number of carbonyl (C=O) groups is 2. The number of para-hydroxylation sites is 2. The quantitative estimate of drug-likeness (QED) is 0.573. The number of nitro groups is 1. The summed E-state index contributed by atoms with van der Waals surface area (Å²) in [6, 6.07) is 10.1. The number of non-ortho nitro benzene ring substituents is 1. The molecule has 0 bridgehead atoms. The second-order valence-electron chi connectivity index (χ2n) is 5.41. The van der Waals surface area contributed by atoms with Gasteiger partial charge in [0.05, 0.1) is 33.4 Å². The summed E-state index contributed by atoms with van der Waals surface area (Å²) < 4.78 is 0. The van der Waals surface area contributed by atoms with Crippen molar-refractivity contribution in [3.05, 3.63) is 57.6 Å². The van der Waals surface area contributed by atoms with Gasteiger partial charge in [-0.2, -0.15) is 0 Å². The standard InChI is InChI=1S/C16H13ClN4O4/c17-10-6-5-9(21(24)25)7-13(10)19-15(22)8-14-16(23)20-12-4-2-1-3-11(12)18-14/h1-7,14,18H,8H2,(H,19,22)(H,20,23). The van der Waals surface area contributed by atoms with Crippen LogP contribution in [0.25, 0.3) is 0 Å². The Morgan fingerprint density at radius 1 is 1.24 bits per heavy atom. The minimum absolute atomic E-state index is 0.123. The average Bonchev–Trinajstić information content (AvgIpc) is 2.57. The molecule has 1 unspecified atom stereocenters. The van der Waals surface area contributed by atoms with Gasteiger partial charge in [-0.3, -0.25) is 19.7 Å². The largest absolute Gasteiger partial charge is 0.372 e. The molecule has 0 saturated carbocycles. The SMILES string of the molecule is O=C(CC1Nc2ccccc2NC1=O)Nc1cc([N+](=O)[O-])ccc1Cl. The molecule has 0 saturated heterocycles. The van der Waals surface area contributed by atoms with Crippen LogP contribution in [0.3, 0.4) is 0 Å². The van der Waals surface area contributed by atoms with Crippen LogP contribution in [0.4, 0.5) is 22.7 Å². The molecule has 3 N–H and O–H groups in total. The summed E-state index contributed by atoms with van der Waals surface area (Å²) in [6.45, 7) is 0. The van der Waals surface area contributed by atoms with Crippen LogP contribution in [0.15, 0.2) is 42.5 Å². The summed E-state index contributed by atoms with van der Waals surface area (Å²) >= 11 is 5.95. The first kappa shape index (κ1) is 16.7. The molecular formula is C16H13ClN4O4. The second kappa shape index (κ2) is 6.78. The molecule has 3 rings (SSSR count). The Hall–Kier alpha value is -3.13. The van der Waals surface area contributed by atoms with Crippen molar-refractivity contribution < 1.29 is 14.5 Å². The van der Waals surface area contributed by atoms with E-state index in [4.69, 9.17) is 11.6 Å². The van der Waals surface area contributed by atoms with Gasteiger partial charge < -0.3 is 16.0 Å². The van der Waals surface area contributed by atoms with E-state index in [1.165, 1.54) is 18.2 Å². The third-order valence-electron chi connectivity index (χ3n) is 3.66. The Morgan fingerprint density at radius 3 is 2.68 bits per heavy atom. The van der Waals surface area contributed by atoms with Crippen LogP contribution in [0, 0.1) is 10.1 Å². The zero-order valence-corrected chi connectivity index (χ0v) is 13.5. The lowest BCUT2D eigenvalue weighted by Crippen LogP contribution is -2.41. The minimum Gasteiger partial charge on any atom is -0.372 e. The van der Waals surface area contributed by atoms with Crippen molar-refractivity contribution in [2.75, 3.05) is 16.0 Å². The van der Waals surface area contributed by atoms with E-state index >= 15 is 0 Å². The van der Waals surface area contributed by atoms with Crippen molar-refractivity contribution in [2.24, 2.45) is 0 Å². The highest BCUT2D eigenvalue weighted by Gasteiger charge is 2.27. The summed E-state index contributed by atoms with van der Waals surface area (Å²) in [5, 5.41) is 19.2. The number of amides is 2. The van der Waals surface area contributed by atoms with Crippen molar-refractivity contribution in [1.82, 2.24) is 0 Å². The Bertz CT molecular complexity index is 871. The zero-order valence-electron chi connectivity index (χ0n) is 12.8. The van der Waals surface area contributed by atoms with E-state index in [0.29, 0.717) is 11.4 Å². The van der Waals surface area contributed by atoms with Crippen molar-refractivity contribution in [3.63, 3.8) is 0 Å². The van der Waals surface area contributed by atoms with Gasteiger partial charge in [-0.1, -0.05) is 23.7 Å². The molecule has 1 aliphatic rings. The van der Waals surface area contributed by atoms with Crippen molar-refractivity contribution in [1.29, 1.82) is 0 Å². The van der Waals surface area contributed by atoms with Crippen LogP contribution in [0.1, 0.15) is 6.42 Å². The van der Waals surface area contributed by atoms with E-state index in [0.717, 1.165) is 0 Å². The predicted octanol–water partition coefficient (Wildman–Crippen LogP) is 3.01. The Labute approximate surface area is 147 Å². The summed E-state index contributed by atoms with van der Waals surface area (Å²) in [6.07, 6.45) is -0.154. The van der Waals surface area contributed by atoms with E-state index in [1.54, 1.807) is 18.2 Å².